The van der Waals surface area contributed by atoms with Crippen LogP contribution in [0.3, 0.4) is 0 Å². The summed E-state index contributed by atoms with van der Waals surface area (Å²) in [5.74, 6) is 2.13. The average Bonchev–Trinajstić information content (AvgIpc) is 2.81. The Bertz CT molecular complexity index is 1100. The first-order valence-electron chi connectivity index (χ1n) is 11.4. The molecule has 1 aromatic heterocycles. The van der Waals surface area contributed by atoms with Crippen LogP contribution in [0.5, 0.6) is 17.2 Å². The summed E-state index contributed by atoms with van der Waals surface area (Å²) in [4.78, 5) is 11.5. The monoisotopic (exact) mass is 451 g/mol. The van der Waals surface area contributed by atoms with Crippen molar-refractivity contribution < 1.29 is 14.9 Å². The molecule has 0 atom stereocenters. The molecule has 176 valence electrons. The van der Waals surface area contributed by atoms with Crippen molar-refractivity contribution in [1.29, 1.82) is 0 Å². The van der Waals surface area contributed by atoms with Crippen LogP contribution in [-0.2, 0) is 6.54 Å². The zero-order valence-corrected chi connectivity index (χ0v) is 19.5. The number of aromatic nitrogens is 2. The number of fused-ring (bicyclic) bond motifs is 1. The molecular weight excluding hydrogens is 418 g/mol. The lowest BCUT2D eigenvalue weighted by molar-refractivity contribution is 0.323. The van der Waals surface area contributed by atoms with Crippen molar-refractivity contribution in [2.45, 2.75) is 38.3 Å². The first-order valence-corrected chi connectivity index (χ1v) is 11.4. The molecule has 8 nitrogen and oxygen atoms in total. The number of methoxy groups -OCH3 is 1. The van der Waals surface area contributed by atoms with Crippen LogP contribution in [0.15, 0.2) is 36.4 Å². The standard InChI is InChI=1S/C25H33N5O3/c1-30(2)24-19-6-4-5-7-20(19)28-25(29-24)27-18-10-8-16(9-11-18)14-26-15-17-12-21(31)23(32)22(13-17)33-3/h4-7,12-13,16,18,26,31-32H,8-11,14-15H2,1-3H3,(H,27,28,29). The number of phenols is 2. The molecule has 0 radical (unpaired) electrons. The zero-order valence-electron chi connectivity index (χ0n) is 19.5. The summed E-state index contributed by atoms with van der Waals surface area (Å²) in [5.41, 5.74) is 1.83. The summed E-state index contributed by atoms with van der Waals surface area (Å²) in [7, 11) is 5.49. The topological polar surface area (TPSA) is 103 Å². The van der Waals surface area contributed by atoms with Crippen LogP contribution in [0.1, 0.15) is 31.2 Å². The number of phenolic OH excluding ortho intramolecular Hbond substituents is 2. The molecule has 0 aliphatic heterocycles. The SMILES string of the molecule is COc1cc(CNCC2CCC(Nc3nc(N(C)C)c4ccccc4n3)CC2)cc(O)c1O. The predicted molar refractivity (Wildman–Crippen MR) is 131 cm³/mol. The van der Waals surface area contributed by atoms with E-state index in [-0.39, 0.29) is 17.2 Å². The van der Waals surface area contributed by atoms with Gasteiger partial charge in [-0.05, 0) is 68.0 Å². The van der Waals surface area contributed by atoms with E-state index in [4.69, 9.17) is 14.7 Å². The van der Waals surface area contributed by atoms with Crippen LogP contribution in [-0.4, -0.2) is 54.0 Å². The lowest BCUT2D eigenvalue weighted by Gasteiger charge is -2.29. The highest BCUT2D eigenvalue weighted by molar-refractivity contribution is 5.90. The second-order valence-electron chi connectivity index (χ2n) is 8.94. The molecule has 0 bridgehead atoms. The van der Waals surface area contributed by atoms with Gasteiger partial charge in [0, 0.05) is 32.1 Å². The summed E-state index contributed by atoms with van der Waals surface area (Å²) in [6, 6.07) is 11.8. The molecule has 0 saturated heterocycles. The van der Waals surface area contributed by atoms with E-state index < -0.39 is 0 Å². The quantitative estimate of drug-likeness (QED) is 0.383. The molecule has 1 aliphatic rings. The molecule has 4 rings (SSSR count). The number of hydrogen-bond donors (Lipinski definition) is 4. The second-order valence-corrected chi connectivity index (χ2v) is 8.94. The van der Waals surface area contributed by atoms with Crippen LogP contribution in [0.25, 0.3) is 10.9 Å². The Morgan fingerprint density at radius 2 is 1.82 bits per heavy atom. The molecule has 1 saturated carbocycles. The average molecular weight is 452 g/mol. The number of anilines is 2. The fraction of sp³-hybridized carbons (Fsp3) is 0.440. The van der Waals surface area contributed by atoms with Gasteiger partial charge in [-0.25, -0.2) is 4.98 Å². The van der Waals surface area contributed by atoms with Gasteiger partial charge >= 0.3 is 0 Å². The Morgan fingerprint density at radius 1 is 1.06 bits per heavy atom. The van der Waals surface area contributed by atoms with Gasteiger partial charge in [0.25, 0.3) is 0 Å². The summed E-state index contributed by atoms with van der Waals surface area (Å²) in [6.07, 6.45) is 4.41. The van der Waals surface area contributed by atoms with E-state index in [9.17, 15) is 10.2 Å². The number of rotatable bonds is 8. The lowest BCUT2D eigenvalue weighted by atomic mass is 9.86. The Hall–Kier alpha value is -3.26. The maximum absolute atomic E-state index is 9.84. The lowest BCUT2D eigenvalue weighted by Crippen LogP contribution is -2.31. The molecule has 3 aromatic rings. The molecule has 4 N–H and O–H groups in total. The minimum absolute atomic E-state index is 0.161. The van der Waals surface area contributed by atoms with E-state index in [1.807, 2.05) is 37.2 Å². The van der Waals surface area contributed by atoms with Crippen molar-refractivity contribution in [3.63, 3.8) is 0 Å². The van der Waals surface area contributed by atoms with E-state index in [2.05, 4.69) is 16.7 Å². The number of para-hydroxylation sites is 1. The van der Waals surface area contributed by atoms with E-state index in [0.29, 0.717) is 24.5 Å². The third-order valence-corrected chi connectivity index (χ3v) is 6.28. The van der Waals surface area contributed by atoms with Gasteiger partial charge in [-0.15, -0.1) is 0 Å². The Kier molecular flexibility index (Phi) is 7.03. The van der Waals surface area contributed by atoms with Crippen LogP contribution >= 0.6 is 0 Å². The first kappa shape index (κ1) is 22.9. The van der Waals surface area contributed by atoms with Crippen LogP contribution in [0.2, 0.25) is 0 Å². The summed E-state index contributed by atoms with van der Waals surface area (Å²) in [6.45, 7) is 1.52. The van der Waals surface area contributed by atoms with Gasteiger partial charge in [-0.1, -0.05) is 12.1 Å². The molecule has 2 aromatic carbocycles. The maximum Gasteiger partial charge on any atom is 0.225 e. The minimum Gasteiger partial charge on any atom is -0.504 e. The number of nitrogens with one attached hydrogen (secondary N) is 2. The zero-order chi connectivity index (χ0) is 23.4. The molecule has 1 aliphatic carbocycles. The second kappa shape index (κ2) is 10.1. The number of ether oxygens (including phenoxy) is 1. The highest BCUT2D eigenvalue weighted by atomic mass is 16.5. The highest BCUT2D eigenvalue weighted by Crippen LogP contribution is 2.36. The Morgan fingerprint density at radius 3 is 2.55 bits per heavy atom. The molecule has 0 unspecified atom stereocenters. The van der Waals surface area contributed by atoms with Crippen LogP contribution < -0.4 is 20.3 Å². The fourth-order valence-electron chi connectivity index (χ4n) is 4.49. The van der Waals surface area contributed by atoms with Crippen molar-refractivity contribution in [1.82, 2.24) is 15.3 Å². The van der Waals surface area contributed by atoms with Gasteiger partial charge in [-0.2, -0.15) is 4.98 Å². The molecule has 0 amide bonds. The Balaban J connectivity index is 1.29. The summed E-state index contributed by atoms with van der Waals surface area (Å²) >= 11 is 0. The molecular formula is C25H33N5O3. The van der Waals surface area contributed by atoms with Gasteiger partial charge < -0.3 is 30.5 Å². The van der Waals surface area contributed by atoms with Gasteiger partial charge in [0.05, 0.1) is 12.6 Å². The van der Waals surface area contributed by atoms with Gasteiger partial charge in [0.1, 0.15) is 5.82 Å². The van der Waals surface area contributed by atoms with Crippen molar-refractivity contribution in [3.05, 3.63) is 42.0 Å². The van der Waals surface area contributed by atoms with Crippen LogP contribution in [0, 0.1) is 5.92 Å². The smallest absolute Gasteiger partial charge is 0.225 e. The molecule has 33 heavy (non-hydrogen) atoms. The fourth-order valence-corrected chi connectivity index (χ4v) is 4.49. The number of aromatic hydroxyl groups is 2. The first-order chi connectivity index (χ1) is 15.9. The predicted octanol–water partition coefficient (Wildman–Crippen LogP) is 3.88. The van der Waals surface area contributed by atoms with Gasteiger partial charge in [0.2, 0.25) is 11.7 Å². The molecule has 1 heterocycles. The number of nitrogens with zero attached hydrogens (tertiary/aromatic N) is 3. The third-order valence-electron chi connectivity index (χ3n) is 6.28. The molecule has 0 spiro atoms. The van der Waals surface area contributed by atoms with E-state index >= 15 is 0 Å². The third kappa shape index (κ3) is 5.39. The number of benzene rings is 2. The highest BCUT2D eigenvalue weighted by Gasteiger charge is 2.22. The number of hydrogen-bond acceptors (Lipinski definition) is 8. The minimum atomic E-state index is -0.222. The van der Waals surface area contributed by atoms with E-state index in [0.717, 1.165) is 54.5 Å². The van der Waals surface area contributed by atoms with Crippen molar-refractivity contribution >= 4 is 22.7 Å². The van der Waals surface area contributed by atoms with E-state index in [1.54, 1.807) is 12.1 Å². The Labute approximate surface area is 194 Å². The summed E-state index contributed by atoms with van der Waals surface area (Å²) < 4.78 is 5.11. The van der Waals surface area contributed by atoms with Crippen molar-refractivity contribution in [2.24, 2.45) is 5.92 Å². The largest absolute Gasteiger partial charge is 0.504 e. The maximum atomic E-state index is 9.84. The molecule has 1 fully saturated rings. The van der Waals surface area contributed by atoms with Gasteiger partial charge in [-0.3, -0.25) is 0 Å². The van der Waals surface area contributed by atoms with Crippen LogP contribution in [0.4, 0.5) is 11.8 Å². The molecule has 8 heteroatoms. The summed E-state index contributed by atoms with van der Waals surface area (Å²) in [5, 5.41) is 27.7. The van der Waals surface area contributed by atoms with Gasteiger partial charge in [0.15, 0.2) is 11.5 Å². The van der Waals surface area contributed by atoms with Crippen molar-refractivity contribution in [2.75, 3.05) is 38.0 Å². The normalized spacial score (nSPS) is 18.3. The van der Waals surface area contributed by atoms with E-state index in [1.165, 1.54) is 7.11 Å². The van der Waals surface area contributed by atoms with Crippen molar-refractivity contribution in [3.8, 4) is 17.2 Å².